The van der Waals surface area contributed by atoms with E-state index >= 15 is 0 Å². The summed E-state index contributed by atoms with van der Waals surface area (Å²) in [6.45, 7) is 2.88. The maximum atomic E-state index is 6.01. The number of thiocarbonyl (C=S) groups is 1. The van der Waals surface area contributed by atoms with Gasteiger partial charge in [0, 0.05) is 12.2 Å². The van der Waals surface area contributed by atoms with Crippen LogP contribution in [-0.4, -0.2) is 14.5 Å². The van der Waals surface area contributed by atoms with Crippen molar-refractivity contribution in [2.75, 3.05) is 0 Å². The first-order valence-corrected chi connectivity index (χ1v) is 7.97. The molecule has 0 fully saturated rings. The summed E-state index contributed by atoms with van der Waals surface area (Å²) in [6.07, 6.45) is 4.73. The van der Waals surface area contributed by atoms with Gasteiger partial charge in [-0.15, -0.1) is 0 Å². The zero-order chi connectivity index (χ0) is 14.8. The predicted molar refractivity (Wildman–Crippen MR) is 89.6 cm³/mol. The average Bonchev–Trinajstić information content (AvgIpc) is 2.81. The lowest BCUT2D eigenvalue weighted by Crippen LogP contribution is -2.25. The van der Waals surface area contributed by atoms with Gasteiger partial charge in [0.2, 0.25) is 0 Å². The number of nitrogens with two attached hydrogens (primary N) is 1. The van der Waals surface area contributed by atoms with Gasteiger partial charge in [-0.1, -0.05) is 42.5 Å². The molecule has 1 unspecified atom stereocenters. The third-order valence-electron chi connectivity index (χ3n) is 4.33. The zero-order valence-electron chi connectivity index (χ0n) is 12.4. The molecule has 0 saturated heterocycles. The van der Waals surface area contributed by atoms with Crippen molar-refractivity contribution in [2.45, 2.75) is 45.1 Å². The Labute approximate surface area is 131 Å². The molecule has 0 amide bonds. The van der Waals surface area contributed by atoms with E-state index in [9.17, 15) is 0 Å². The van der Waals surface area contributed by atoms with Crippen molar-refractivity contribution in [1.82, 2.24) is 9.55 Å². The number of aryl methyl sites for hydroxylation is 2. The minimum Gasteiger partial charge on any atom is -0.393 e. The number of hydrogen-bond donors (Lipinski definition) is 1. The van der Waals surface area contributed by atoms with Crippen LogP contribution < -0.4 is 5.73 Å². The fourth-order valence-electron chi connectivity index (χ4n) is 3.21. The molecule has 1 aliphatic carbocycles. The molecule has 4 heteroatoms. The van der Waals surface area contributed by atoms with Gasteiger partial charge in [0.15, 0.2) is 0 Å². The topological polar surface area (TPSA) is 43.8 Å². The molecular formula is C17H21N3S. The summed E-state index contributed by atoms with van der Waals surface area (Å²) in [5, 5.41) is 0. The number of hydrogen-bond acceptors (Lipinski definition) is 2. The molecule has 2 N–H and O–H groups in total. The second kappa shape index (κ2) is 5.98. The van der Waals surface area contributed by atoms with E-state index < -0.39 is 0 Å². The Kier molecular flexibility index (Phi) is 4.06. The van der Waals surface area contributed by atoms with Crippen molar-refractivity contribution in [3.8, 4) is 0 Å². The first-order valence-electron chi connectivity index (χ1n) is 7.56. The first kappa shape index (κ1) is 14.3. The number of benzene rings is 1. The van der Waals surface area contributed by atoms with Gasteiger partial charge in [0.1, 0.15) is 5.82 Å². The minimum absolute atomic E-state index is 0.0696. The van der Waals surface area contributed by atoms with E-state index in [-0.39, 0.29) is 5.92 Å². The lowest BCUT2D eigenvalue weighted by molar-refractivity contribution is 0.580. The number of imidazole rings is 1. The van der Waals surface area contributed by atoms with Crippen molar-refractivity contribution in [3.05, 3.63) is 53.1 Å². The molecule has 3 rings (SSSR count). The smallest absolute Gasteiger partial charge is 0.106 e. The first-order chi connectivity index (χ1) is 10.2. The molecule has 1 aromatic carbocycles. The maximum Gasteiger partial charge on any atom is 0.106 e. The highest BCUT2D eigenvalue weighted by Gasteiger charge is 2.22. The summed E-state index contributed by atoms with van der Waals surface area (Å²) in [5.74, 6) is 1.15. The Bertz CT molecular complexity index is 646. The van der Waals surface area contributed by atoms with E-state index in [1.807, 2.05) is 18.2 Å². The summed E-state index contributed by atoms with van der Waals surface area (Å²) in [7, 11) is 0. The van der Waals surface area contributed by atoms with Crippen molar-refractivity contribution in [1.29, 1.82) is 0 Å². The molecule has 1 heterocycles. The fraction of sp³-hybridized carbons (Fsp3) is 0.412. The molecule has 3 nitrogen and oxygen atoms in total. The molecule has 21 heavy (non-hydrogen) atoms. The van der Waals surface area contributed by atoms with Crippen molar-refractivity contribution < 1.29 is 0 Å². The van der Waals surface area contributed by atoms with Crippen LogP contribution in [0.4, 0.5) is 0 Å². The monoisotopic (exact) mass is 299 g/mol. The van der Waals surface area contributed by atoms with E-state index in [1.54, 1.807) is 0 Å². The van der Waals surface area contributed by atoms with E-state index in [0.717, 1.165) is 25.2 Å². The number of aromatic nitrogens is 2. The van der Waals surface area contributed by atoms with Crippen molar-refractivity contribution in [2.24, 2.45) is 5.73 Å². The van der Waals surface area contributed by atoms with E-state index in [4.69, 9.17) is 22.9 Å². The third kappa shape index (κ3) is 2.86. The van der Waals surface area contributed by atoms with Gasteiger partial charge in [0.05, 0.1) is 16.6 Å². The maximum absolute atomic E-state index is 6.01. The van der Waals surface area contributed by atoms with Crippen LogP contribution >= 0.6 is 12.2 Å². The van der Waals surface area contributed by atoms with Gasteiger partial charge in [-0.05, 0) is 38.2 Å². The van der Waals surface area contributed by atoms with Gasteiger partial charge in [0.25, 0.3) is 0 Å². The Morgan fingerprint density at radius 3 is 2.71 bits per heavy atom. The molecule has 0 aliphatic heterocycles. The van der Waals surface area contributed by atoms with E-state index in [1.165, 1.54) is 29.8 Å². The Morgan fingerprint density at radius 1 is 1.29 bits per heavy atom. The van der Waals surface area contributed by atoms with E-state index in [0.29, 0.717) is 4.99 Å². The molecule has 110 valence electrons. The molecule has 1 atom stereocenters. The Hall–Kier alpha value is -1.68. The van der Waals surface area contributed by atoms with Gasteiger partial charge in [-0.2, -0.15) is 0 Å². The largest absolute Gasteiger partial charge is 0.393 e. The normalized spacial score (nSPS) is 15.5. The summed E-state index contributed by atoms with van der Waals surface area (Å²) < 4.78 is 2.32. The molecule has 0 saturated carbocycles. The quantitative estimate of drug-likeness (QED) is 0.882. The number of fused-ring (bicyclic) bond motifs is 1. The Morgan fingerprint density at radius 2 is 2.00 bits per heavy atom. The molecule has 1 aromatic heterocycles. The lowest BCUT2D eigenvalue weighted by Gasteiger charge is -2.21. The van der Waals surface area contributed by atoms with Gasteiger partial charge < -0.3 is 10.3 Å². The van der Waals surface area contributed by atoms with Crippen LogP contribution in [-0.2, 0) is 19.4 Å². The molecule has 0 radical (unpaired) electrons. The van der Waals surface area contributed by atoms with Gasteiger partial charge in [-0.25, -0.2) is 4.98 Å². The average molecular weight is 299 g/mol. The standard InChI is InChI=1S/C17H21N3S/c1-12-19-15-9-5-6-10-16(15)20(12)11-14(17(18)21)13-7-3-2-4-8-13/h2-4,7-8,14H,5-6,9-11H2,1H3,(H2,18,21). The van der Waals surface area contributed by atoms with Crippen LogP contribution in [0.3, 0.4) is 0 Å². The third-order valence-corrected chi connectivity index (χ3v) is 4.62. The SMILES string of the molecule is Cc1nc2c(n1CC(C(N)=S)c1ccccc1)CCCC2. The summed E-state index contributed by atoms with van der Waals surface area (Å²) in [6, 6.07) is 10.3. The van der Waals surface area contributed by atoms with Crippen molar-refractivity contribution >= 4 is 17.2 Å². The summed E-state index contributed by atoms with van der Waals surface area (Å²) in [5.41, 5.74) is 9.85. The van der Waals surface area contributed by atoms with Crippen LogP contribution in [0.1, 0.15) is 41.5 Å². The number of nitrogens with zero attached hydrogens (tertiary/aromatic N) is 2. The predicted octanol–water partition coefficient (Wildman–Crippen LogP) is 3.14. The zero-order valence-corrected chi connectivity index (χ0v) is 13.2. The summed E-state index contributed by atoms with van der Waals surface area (Å²) >= 11 is 5.31. The van der Waals surface area contributed by atoms with Crippen LogP contribution in [0.2, 0.25) is 0 Å². The molecular weight excluding hydrogens is 278 g/mol. The highest BCUT2D eigenvalue weighted by Crippen LogP contribution is 2.26. The van der Waals surface area contributed by atoms with Crippen LogP contribution in [0.15, 0.2) is 30.3 Å². The van der Waals surface area contributed by atoms with Crippen LogP contribution in [0.25, 0.3) is 0 Å². The molecule has 0 spiro atoms. The fourth-order valence-corrected chi connectivity index (χ4v) is 3.42. The molecule has 0 bridgehead atoms. The van der Waals surface area contributed by atoms with Gasteiger partial charge in [-0.3, -0.25) is 0 Å². The highest BCUT2D eigenvalue weighted by atomic mass is 32.1. The second-order valence-corrected chi connectivity index (χ2v) is 6.21. The molecule has 2 aromatic rings. The second-order valence-electron chi connectivity index (χ2n) is 5.74. The van der Waals surface area contributed by atoms with Crippen LogP contribution in [0, 0.1) is 6.92 Å². The highest BCUT2D eigenvalue weighted by molar-refractivity contribution is 7.80. The number of rotatable bonds is 4. The lowest BCUT2D eigenvalue weighted by atomic mass is 9.97. The van der Waals surface area contributed by atoms with Crippen LogP contribution in [0.5, 0.6) is 0 Å². The molecule has 1 aliphatic rings. The minimum atomic E-state index is 0.0696. The van der Waals surface area contributed by atoms with Crippen molar-refractivity contribution in [3.63, 3.8) is 0 Å². The Balaban J connectivity index is 1.94. The summed E-state index contributed by atoms with van der Waals surface area (Å²) in [4.78, 5) is 5.29. The van der Waals surface area contributed by atoms with E-state index in [2.05, 4.69) is 23.6 Å². The van der Waals surface area contributed by atoms with Gasteiger partial charge >= 0.3 is 0 Å².